The van der Waals surface area contributed by atoms with E-state index in [-0.39, 0.29) is 11.8 Å². The molecule has 0 amide bonds. The molecule has 1 aromatic rings. The fraction of sp³-hybridized carbons (Fsp3) is 0.571. The third kappa shape index (κ3) is 3.73. The molecule has 22 heavy (non-hydrogen) atoms. The summed E-state index contributed by atoms with van der Waals surface area (Å²) in [5, 5.41) is 3.31. The van der Waals surface area contributed by atoms with Crippen LogP contribution in [0, 0.1) is 0 Å². The van der Waals surface area contributed by atoms with Gasteiger partial charge in [0.05, 0.1) is 0 Å². The SMILES string of the molecule is CCCN[C@H]1CCc2cccc(OS(=O)(=O)C(F)(F)F)c2C1. The van der Waals surface area contributed by atoms with E-state index >= 15 is 0 Å². The van der Waals surface area contributed by atoms with Gasteiger partial charge in [0.25, 0.3) is 0 Å². The predicted octanol–water partition coefficient (Wildman–Crippen LogP) is 2.77. The van der Waals surface area contributed by atoms with Crippen molar-refractivity contribution in [1.29, 1.82) is 0 Å². The molecular formula is C14H18F3NO3S. The van der Waals surface area contributed by atoms with Gasteiger partial charge in [-0.25, -0.2) is 0 Å². The number of aryl methyl sites for hydroxylation is 1. The zero-order valence-electron chi connectivity index (χ0n) is 12.1. The summed E-state index contributed by atoms with van der Waals surface area (Å²) in [6, 6.07) is 4.69. The Morgan fingerprint density at radius 1 is 1.36 bits per heavy atom. The summed E-state index contributed by atoms with van der Waals surface area (Å²) in [6.07, 6.45) is 2.95. The highest BCUT2D eigenvalue weighted by Gasteiger charge is 2.49. The van der Waals surface area contributed by atoms with Crippen LogP contribution < -0.4 is 9.50 Å². The van der Waals surface area contributed by atoms with Crippen molar-refractivity contribution in [3.05, 3.63) is 29.3 Å². The molecule has 4 nitrogen and oxygen atoms in total. The Bertz CT molecular complexity index is 629. The summed E-state index contributed by atoms with van der Waals surface area (Å²) in [7, 11) is -5.64. The van der Waals surface area contributed by atoms with Crippen molar-refractivity contribution >= 4 is 10.1 Å². The second-order valence-electron chi connectivity index (χ2n) is 5.27. The smallest absolute Gasteiger partial charge is 0.376 e. The van der Waals surface area contributed by atoms with Gasteiger partial charge in [0.1, 0.15) is 5.75 Å². The predicted molar refractivity (Wildman–Crippen MR) is 76.2 cm³/mol. The lowest BCUT2D eigenvalue weighted by molar-refractivity contribution is -0.0500. The molecule has 1 N–H and O–H groups in total. The van der Waals surface area contributed by atoms with Crippen molar-refractivity contribution in [3.63, 3.8) is 0 Å². The van der Waals surface area contributed by atoms with E-state index in [1.165, 1.54) is 12.1 Å². The van der Waals surface area contributed by atoms with Crippen LogP contribution in [0.4, 0.5) is 13.2 Å². The van der Waals surface area contributed by atoms with Gasteiger partial charge >= 0.3 is 15.6 Å². The number of nitrogens with one attached hydrogen (secondary N) is 1. The Hall–Kier alpha value is -1.28. The van der Waals surface area contributed by atoms with Crippen LogP contribution in [-0.2, 0) is 23.0 Å². The first-order valence-corrected chi connectivity index (χ1v) is 8.50. The maximum absolute atomic E-state index is 12.5. The van der Waals surface area contributed by atoms with Crippen LogP contribution in [-0.4, -0.2) is 26.5 Å². The number of hydrogen-bond acceptors (Lipinski definition) is 4. The maximum Gasteiger partial charge on any atom is 0.534 e. The van der Waals surface area contributed by atoms with Gasteiger partial charge in [-0.2, -0.15) is 21.6 Å². The van der Waals surface area contributed by atoms with Gasteiger partial charge in [0.2, 0.25) is 0 Å². The molecule has 1 aliphatic carbocycles. The van der Waals surface area contributed by atoms with Crippen LogP contribution >= 0.6 is 0 Å². The van der Waals surface area contributed by atoms with Crippen LogP contribution in [0.2, 0.25) is 0 Å². The minimum absolute atomic E-state index is 0.116. The summed E-state index contributed by atoms with van der Waals surface area (Å²) in [4.78, 5) is 0. The first-order chi connectivity index (χ1) is 10.2. The second-order valence-corrected chi connectivity index (χ2v) is 6.81. The van der Waals surface area contributed by atoms with Gasteiger partial charge in [-0.15, -0.1) is 0 Å². The molecule has 8 heteroatoms. The van der Waals surface area contributed by atoms with Crippen LogP contribution in [0.15, 0.2) is 18.2 Å². The van der Waals surface area contributed by atoms with E-state index in [2.05, 4.69) is 9.50 Å². The van der Waals surface area contributed by atoms with Gasteiger partial charge in [-0.1, -0.05) is 19.1 Å². The first-order valence-electron chi connectivity index (χ1n) is 7.09. The van der Waals surface area contributed by atoms with E-state index in [1.54, 1.807) is 6.07 Å². The quantitative estimate of drug-likeness (QED) is 0.663. The molecule has 0 heterocycles. The summed E-state index contributed by atoms with van der Waals surface area (Å²) in [6.45, 7) is 2.83. The van der Waals surface area contributed by atoms with Gasteiger partial charge in [-0.05, 0) is 43.9 Å². The topological polar surface area (TPSA) is 55.4 Å². The molecule has 2 rings (SSSR count). The molecule has 0 aliphatic heterocycles. The van der Waals surface area contributed by atoms with Gasteiger partial charge in [0, 0.05) is 11.6 Å². The number of halogens is 3. The highest BCUT2D eigenvalue weighted by atomic mass is 32.2. The van der Waals surface area contributed by atoms with Crippen LogP contribution in [0.1, 0.15) is 30.9 Å². The minimum atomic E-state index is -5.64. The molecule has 0 fully saturated rings. The number of alkyl halides is 3. The fourth-order valence-electron chi connectivity index (χ4n) is 2.52. The Morgan fingerprint density at radius 3 is 2.73 bits per heavy atom. The number of hydrogen-bond donors (Lipinski definition) is 1. The average molecular weight is 337 g/mol. The normalized spacial score (nSPS) is 18.8. The van der Waals surface area contributed by atoms with Crippen LogP contribution in [0.25, 0.3) is 0 Å². The third-order valence-corrected chi connectivity index (χ3v) is 4.57. The number of benzene rings is 1. The third-order valence-electron chi connectivity index (χ3n) is 3.61. The Kier molecular flexibility index (Phi) is 5.01. The molecule has 0 saturated carbocycles. The maximum atomic E-state index is 12.5. The minimum Gasteiger partial charge on any atom is -0.376 e. The largest absolute Gasteiger partial charge is 0.534 e. The zero-order chi connectivity index (χ0) is 16.4. The van der Waals surface area contributed by atoms with Gasteiger partial charge in [-0.3, -0.25) is 0 Å². The van der Waals surface area contributed by atoms with Crippen molar-refractivity contribution in [3.8, 4) is 5.75 Å². The summed E-state index contributed by atoms with van der Waals surface area (Å²) >= 11 is 0. The lowest BCUT2D eigenvalue weighted by Crippen LogP contribution is -2.35. The van der Waals surface area contributed by atoms with E-state index in [4.69, 9.17) is 0 Å². The van der Waals surface area contributed by atoms with E-state index < -0.39 is 15.6 Å². The van der Waals surface area contributed by atoms with Crippen molar-refractivity contribution in [2.45, 2.75) is 44.2 Å². The fourth-order valence-corrected chi connectivity index (χ4v) is 3.01. The van der Waals surface area contributed by atoms with Crippen molar-refractivity contribution in [2.24, 2.45) is 0 Å². The average Bonchev–Trinajstić information content (AvgIpc) is 2.44. The highest BCUT2D eigenvalue weighted by molar-refractivity contribution is 7.88. The lowest BCUT2D eigenvalue weighted by Gasteiger charge is -2.27. The standard InChI is InChI=1S/C14H18F3NO3S/c1-2-8-18-11-7-6-10-4-3-5-13(12(10)9-11)21-22(19,20)14(15,16)17/h3-5,11,18H,2,6-9H2,1H3/t11-/m0/s1. The van der Waals surface area contributed by atoms with Crippen LogP contribution in [0.3, 0.4) is 0 Å². The molecule has 0 saturated heterocycles. The molecule has 0 radical (unpaired) electrons. The summed E-state index contributed by atoms with van der Waals surface area (Å²) < 4.78 is 64.1. The highest BCUT2D eigenvalue weighted by Crippen LogP contribution is 2.33. The molecule has 0 aromatic heterocycles. The monoisotopic (exact) mass is 337 g/mol. The Balaban J connectivity index is 2.25. The molecule has 1 atom stereocenters. The molecule has 124 valence electrons. The Morgan fingerprint density at radius 2 is 2.09 bits per heavy atom. The lowest BCUT2D eigenvalue weighted by atomic mass is 9.87. The number of fused-ring (bicyclic) bond motifs is 1. The van der Waals surface area contributed by atoms with Gasteiger partial charge in [0.15, 0.2) is 0 Å². The number of rotatable bonds is 5. The van der Waals surface area contributed by atoms with E-state index in [9.17, 15) is 21.6 Å². The van der Waals surface area contributed by atoms with E-state index in [1.807, 2.05) is 6.92 Å². The first kappa shape index (κ1) is 17.1. The molecular weight excluding hydrogens is 319 g/mol. The van der Waals surface area contributed by atoms with Crippen molar-refractivity contribution in [2.75, 3.05) is 6.54 Å². The van der Waals surface area contributed by atoms with Crippen LogP contribution in [0.5, 0.6) is 5.75 Å². The summed E-state index contributed by atoms with van der Waals surface area (Å²) in [5.41, 5.74) is -4.05. The molecule has 0 spiro atoms. The molecule has 1 aliphatic rings. The Labute approximate surface area is 127 Å². The summed E-state index contributed by atoms with van der Waals surface area (Å²) in [5.74, 6) is -0.224. The molecule has 1 aromatic carbocycles. The second kappa shape index (κ2) is 6.45. The van der Waals surface area contributed by atoms with E-state index in [0.717, 1.165) is 24.9 Å². The van der Waals surface area contributed by atoms with Crippen molar-refractivity contribution < 1.29 is 25.8 Å². The van der Waals surface area contributed by atoms with Gasteiger partial charge < -0.3 is 9.50 Å². The zero-order valence-corrected chi connectivity index (χ0v) is 12.9. The van der Waals surface area contributed by atoms with Crippen molar-refractivity contribution in [1.82, 2.24) is 5.32 Å². The van der Waals surface area contributed by atoms with E-state index in [0.29, 0.717) is 18.4 Å². The molecule has 0 unspecified atom stereocenters. The molecule has 0 bridgehead atoms.